The molecule has 0 aliphatic rings. The van der Waals surface area contributed by atoms with E-state index in [4.69, 9.17) is 10.3 Å². The highest BCUT2D eigenvalue weighted by Gasteiger charge is 2.14. The average Bonchev–Trinajstić information content (AvgIpc) is 2.86. The number of aromatic nitrogens is 1. The van der Waals surface area contributed by atoms with Crippen LogP contribution in [0.5, 0.6) is 0 Å². The molecule has 1 atom stereocenters. The van der Waals surface area contributed by atoms with Crippen molar-refractivity contribution in [3.05, 3.63) is 65.7 Å². The third-order valence-electron chi connectivity index (χ3n) is 3.21. The van der Waals surface area contributed by atoms with Gasteiger partial charge in [-0.1, -0.05) is 12.1 Å². The zero-order valence-corrected chi connectivity index (χ0v) is 10.6. The summed E-state index contributed by atoms with van der Waals surface area (Å²) in [6.07, 6.45) is 3.52. The van der Waals surface area contributed by atoms with E-state index in [1.165, 1.54) is 0 Å². The molecule has 1 aromatic carbocycles. The van der Waals surface area contributed by atoms with Gasteiger partial charge in [0.15, 0.2) is 0 Å². The van der Waals surface area contributed by atoms with Gasteiger partial charge in [-0.3, -0.25) is 10.8 Å². The Morgan fingerprint density at radius 2 is 2.11 bits per heavy atom. The Morgan fingerprint density at radius 3 is 2.84 bits per heavy atom. The van der Waals surface area contributed by atoms with Crippen LogP contribution in [0.3, 0.4) is 0 Å². The van der Waals surface area contributed by atoms with Crippen molar-refractivity contribution in [3.63, 3.8) is 0 Å². The molecule has 2 aromatic heterocycles. The topological polar surface area (TPSA) is 64.1 Å². The molecule has 19 heavy (non-hydrogen) atoms. The van der Waals surface area contributed by atoms with E-state index in [9.17, 15) is 0 Å². The van der Waals surface area contributed by atoms with Crippen LogP contribution in [0, 0.1) is 6.92 Å². The lowest BCUT2D eigenvalue weighted by atomic mass is 10.00. The van der Waals surface area contributed by atoms with Gasteiger partial charge in [-0.15, -0.1) is 0 Å². The lowest BCUT2D eigenvalue weighted by Crippen LogP contribution is -2.28. The number of nitrogens with two attached hydrogens (primary N) is 1. The average molecular weight is 253 g/mol. The Morgan fingerprint density at radius 1 is 1.21 bits per heavy atom. The standard InChI is InChI=1S/C15H15N3O/c1-10-7-13(9-19-10)15(18-16)12-4-5-14-11(8-12)3-2-6-17-14/h2-9,15,18H,16H2,1H3. The van der Waals surface area contributed by atoms with Gasteiger partial charge >= 0.3 is 0 Å². The summed E-state index contributed by atoms with van der Waals surface area (Å²) in [5, 5.41) is 1.10. The van der Waals surface area contributed by atoms with Crippen LogP contribution in [-0.2, 0) is 0 Å². The van der Waals surface area contributed by atoms with Crippen LogP contribution in [0.15, 0.2) is 53.3 Å². The fraction of sp³-hybridized carbons (Fsp3) is 0.133. The summed E-state index contributed by atoms with van der Waals surface area (Å²) < 4.78 is 5.35. The van der Waals surface area contributed by atoms with Crippen molar-refractivity contribution < 1.29 is 4.42 Å². The number of fused-ring (bicyclic) bond motifs is 1. The number of aryl methyl sites for hydroxylation is 1. The third-order valence-corrected chi connectivity index (χ3v) is 3.21. The van der Waals surface area contributed by atoms with Crippen molar-refractivity contribution in [2.24, 2.45) is 5.84 Å². The van der Waals surface area contributed by atoms with E-state index in [1.807, 2.05) is 37.3 Å². The number of hydrazine groups is 1. The van der Waals surface area contributed by atoms with Gasteiger partial charge in [0.25, 0.3) is 0 Å². The van der Waals surface area contributed by atoms with Gasteiger partial charge in [0.2, 0.25) is 0 Å². The quantitative estimate of drug-likeness (QED) is 0.556. The fourth-order valence-electron chi connectivity index (χ4n) is 2.27. The minimum absolute atomic E-state index is 0.0814. The Balaban J connectivity index is 2.06. The number of nitrogens with zero attached hydrogens (tertiary/aromatic N) is 1. The van der Waals surface area contributed by atoms with E-state index in [-0.39, 0.29) is 6.04 Å². The monoisotopic (exact) mass is 253 g/mol. The van der Waals surface area contributed by atoms with Gasteiger partial charge in [-0.25, -0.2) is 5.43 Å². The highest BCUT2D eigenvalue weighted by molar-refractivity contribution is 5.79. The molecule has 0 saturated carbocycles. The third kappa shape index (κ3) is 2.23. The van der Waals surface area contributed by atoms with E-state index in [0.29, 0.717) is 0 Å². The summed E-state index contributed by atoms with van der Waals surface area (Å²) in [7, 11) is 0. The van der Waals surface area contributed by atoms with Gasteiger partial charge < -0.3 is 4.42 Å². The normalized spacial score (nSPS) is 12.7. The largest absolute Gasteiger partial charge is 0.469 e. The fourth-order valence-corrected chi connectivity index (χ4v) is 2.27. The minimum Gasteiger partial charge on any atom is -0.469 e. The molecule has 3 aromatic rings. The predicted octanol–water partition coefficient (Wildman–Crippen LogP) is 2.69. The predicted molar refractivity (Wildman–Crippen MR) is 74.4 cm³/mol. The summed E-state index contributed by atoms with van der Waals surface area (Å²) in [6, 6.07) is 12.0. The Kier molecular flexibility index (Phi) is 3.03. The van der Waals surface area contributed by atoms with Crippen LogP contribution in [0.25, 0.3) is 10.9 Å². The summed E-state index contributed by atoms with van der Waals surface area (Å²) in [6.45, 7) is 1.92. The molecule has 4 heteroatoms. The zero-order chi connectivity index (χ0) is 13.2. The Hall–Kier alpha value is -2.17. The number of furan rings is 1. The van der Waals surface area contributed by atoms with E-state index in [2.05, 4.69) is 16.5 Å². The molecule has 3 rings (SSSR count). The lowest BCUT2D eigenvalue weighted by Gasteiger charge is -2.15. The molecule has 96 valence electrons. The second kappa shape index (κ2) is 4.84. The molecule has 0 bridgehead atoms. The molecule has 0 saturated heterocycles. The molecule has 0 radical (unpaired) electrons. The van der Waals surface area contributed by atoms with Gasteiger partial charge in [-0.2, -0.15) is 0 Å². The molecule has 3 N–H and O–H groups in total. The van der Waals surface area contributed by atoms with Crippen molar-refractivity contribution in [3.8, 4) is 0 Å². The molecule has 0 spiro atoms. The smallest absolute Gasteiger partial charge is 0.101 e. The van der Waals surface area contributed by atoms with Crippen molar-refractivity contribution >= 4 is 10.9 Å². The first kappa shape index (κ1) is 11.9. The van der Waals surface area contributed by atoms with Crippen LogP contribution in [-0.4, -0.2) is 4.98 Å². The second-order valence-corrected chi connectivity index (χ2v) is 4.55. The minimum atomic E-state index is -0.0814. The van der Waals surface area contributed by atoms with Crippen molar-refractivity contribution in [2.75, 3.05) is 0 Å². The molecule has 2 heterocycles. The Labute approximate surface area is 111 Å². The van der Waals surface area contributed by atoms with Gasteiger partial charge in [0.1, 0.15) is 5.76 Å². The van der Waals surface area contributed by atoms with Gasteiger partial charge in [0.05, 0.1) is 17.8 Å². The van der Waals surface area contributed by atoms with Gasteiger partial charge in [0, 0.05) is 17.1 Å². The van der Waals surface area contributed by atoms with E-state index in [0.717, 1.165) is 27.8 Å². The number of nitrogens with one attached hydrogen (secondary N) is 1. The van der Waals surface area contributed by atoms with Crippen LogP contribution in [0.4, 0.5) is 0 Å². The maximum Gasteiger partial charge on any atom is 0.101 e. The molecule has 0 fully saturated rings. The van der Waals surface area contributed by atoms with E-state index in [1.54, 1.807) is 12.5 Å². The first-order chi connectivity index (χ1) is 9.28. The highest BCUT2D eigenvalue weighted by atomic mass is 16.3. The number of pyridine rings is 1. The first-order valence-corrected chi connectivity index (χ1v) is 6.14. The van der Waals surface area contributed by atoms with Crippen molar-refractivity contribution in [1.29, 1.82) is 0 Å². The number of rotatable bonds is 3. The summed E-state index contributed by atoms with van der Waals surface area (Å²) in [5.41, 5.74) is 5.91. The van der Waals surface area contributed by atoms with E-state index >= 15 is 0 Å². The summed E-state index contributed by atoms with van der Waals surface area (Å²) in [5.74, 6) is 6.56. The lowest BCUT2D eigenvalue weighted by molar-refractivity contribution is 0.526. The van der Waals surface area contributed by atoms with Crippen LogP contribution >= 0.6 is 0 Å². The molecule has 0 aliphatic carbocycles. The number of hydrogen-bond acceptors (Lipinski definition) is 4. The van der Waals surface area contributed by atoms with Crippen molar-refractivity contribution in [2.45, 2.75) is 13.0 Å². The van der Waals surface area contributed by atoms with E-state index < -0.39 is 0 Å². The van der Waals surface area contributed by atoms with Crippen LogP contribution in [0.1, 0.15) is 22.9 Å². The molecular formula is C15H15N3O. The first-order valence-electron chi connectivity index (χ1n) is 6.14. The maximum absolute atomic E-state index is 5.68. The zero-order valence-electron chi connectivity index (χ0n) is 10.6. The highest BCUT2D eigenvalue weighted by Crippen LogP contribution is 2.25. The second-order valence-electron chi connectivity index (χ2n) is 4.55. The van der Waals surface area contributed by atoms with Crippen molar-refractivity contribution in [1.82, 2.24) is 10.4 Å². The molecule has 0 amide bonds. The maximum atomic E-state index is 5.68. The van der Waals surface area contributed by atoms with Crippen LogP contribution < -0.4 is 11.3 Å². The summed E-state index contributed by atoms with van der Waals surface area (Å²) in [4.78, 5) is 4.31. The van der Waals surface area contributed by atoms with Gasteiger partial charge in [-0.05, 0) is 36.8 Å². The van der Waals surface area contributed by atoms with Crippen LogP contribution in [0.2, 0.25) is 0 Å². The molecule has 1 unspecified atom stereocenters. The number of hydrogen-bond donors (Lipinski definition) is 2. The molecule has 4 nitrogen and oxygen atoms in total. The number of benzene rings is 1. The Bertz CT molecular complexity index is 705. The molecular weight excluding hydrogens is 238 g/mol. The summed E-state index contributed by atoms with van der Waals surface area (Å²) >= 11 is 0. The SMILES string of the molecule is Cc1cc(C(NN)c2ccc3ncccc3c2)co1. The molecule has 0 aliphatic heterocycles.